The van der Waals surface area contributed by atoms with Crippen molar-refractivity contribution in [3.8, 4) is 0 Å². The molecule has 0 heterocycles. The maximum absolute atomic E-state index is 12.2. The van der Waals surface area contributed by atoms with Crippen molar-refractivity contribution in [2.45, 2.75) is 25.2 Å². The van der Waals surface area contributed by atoms with Crippen LogP contribution in [0.25, 0.3) is 0 Å². The molecule has 114 valence electrons. The topological polar surface area (TPSA) is 75.4 Å². The van der Waals surface area contributed by atoms with Crippen molar-refractivity contribution in [3.63, 3.8) is 0 Å². The summed E-state index contributed by atoms with van der Waals surface area (Å²) in [6.45, 7) is 7.02. The molecule has 0 saturated carbocycles. The summed E-state index contributed by atoms with van der Waals surface area (Å²) in [5, 5.41) is 0.174. The molecule has 0 aliphatic heterocycles. The first-order valence-corrected chi connectivity index (χ1v) is 8.53. The average molecular weight is 320 g/mol. The normalized spacial score (nSPS) is 12.0. The molecule has 1 rings (SSSR count). The molecule has 3 N–H and O–H groups in total. The van der Waals surface area contributed by atoms with Gasteiger partial charge in [-0.15, -0.1) is 0 Å². The summed E-state index contributed by atoms with van der Waals surface area (Å²) >= 11 is 5.91. The van der Waals surface area contributed by atoms with Crippen LogP contribution in [0, 0.1) is 0 Å². The van der Waals surface area contributed by atoms with Gasteiger partial charge in [0.2, 0.25) is 10.0 Å². The van der Waals surface area contributed by atoms with E-state index in [0.29, 0.717) is 18.8 Å². The van der Waals surface area contributed by atoms with Gasteiger partial charge >= 0.3 is 0 Å². The molecule has 0 atom stereocenters. The van der Waals surface area contributed by atoms with Gasteiger partial charge in [-0.2, -0.15) is 0 Å². The summed E-state index contributed by atoms with van der Waals surface area (Å²) in [5.74, 6) is 0. The third-order valence-electron chi connectivity index (χ3n) is 2.95. The molecule has 1 aromatic carbocycles. The Labute approximate surface area is 126 Å². The second kappa shape index (κ2) is 7.83. The number of hydrogen-bond acceptors (Lipinski definition) is 4. The van der Waals surface area contributed by atoms with Crippen molar-refractivity contribution in [2.75, 3.05) is 31.9 Å². The summed E-state index contributed by atoms with van der Waals surface area (Å²) in [7, 11) is -3.62. The third-order valence-corrected chi connectivity index (χ3v) is 4.89. The lowest BCUT2D eigenvalue weighted by molar-refractivity contribution is 0.293. The first kappa shape index (κ1) is 17.2. The molecule has 0 radical (unpaired) electrons. The van der Waals surface area contributed by atoms with Crippen molar-refractivity contribution < 1.29 is 8.42 Å². The molecule has 0 aliphatic carbocycles. The number of halogens is 1. The predicted molar refractivity (Wildman–Crippen MR) is 83.5 cm³/mol. The lowest BCUT2D eigenvalue weighted by Gasteiger charge is -2.19. The van der Waals surface area contributed by atoms with Crippen molar-refractivity contribution in [1.29, 1.82) is 0 Å². The number of sulfonamides is 1. The third kappa shape index (κ3) is 4.94. The highest BCUT2D eigenvalue weighted by atomic mass is 35.5. The van der Waals surface area contributed by atoms with Crippen LogP contribution in [-0.2, 0) is 10.0 Å². The molecule has 0 aromatic heterocycles. The van der Waals surface area contributed by atoms with Crippen LogP contribution in [0.1, 0.15) is 20.3 Å². The number of nitrogen functional groups attached to an aromatic ring is 1. The Hall–Kier alpha value is -0.820. The van der Waals surface area contributed by atoms with Gasteiger partial charge in [-0.1, -0.05) is 25.4 Å². The van der Waals surface area contributed by atoms with E-state index in [1.807, 2.05) is 0 Å². The molecule has 0 amide bonds. The number of nitrogens with two attached hydrogens (primary N) is 1. The van der Waals surface area contributed by atoms with Crippen LogP contribution in [-0.4, -0.2) is 39.5 Å². The van der Waals surface area contributed by atoms with Gasteiger partial charge < -0.3 is 10.6 Å². The van der Waals surface area contributed by atoms with Crippen molar-refractivity contribution >= 4 is 27.3 Å². The Bertz CT molecular complexity index is 534. The van der Waals surface area contributed by atoms with E-state index in [2.05, 4.69) is 23.5 Å². The zero-order valence-electron chi connectivity index (χ0n) is 11.9. The van der Waals surface area contributed by atoms with Crippen molar-refractivity contribution in [2.24, 2.45) is 0 Å². The summed E-state index contributed by atoms with van der Waals surface area (Å²) in [6.07, 6.45) is 1.04. The molecule has 0 unspecified atom stereocenters. The molecule has 7 heteroatoms. The van der Waals surface area contributed by atoms with Crippen LogP contribution in [0.5, 0.6) is 0 Å². The molecule has 0 spiro atoms. The summed E-state index contributed by atoms with van der Waals surface area (Å²) in [6, 6.07) is 4.43. The van der Waals surface area contributed by atoms with Crippen LogP contribution in [0.4, 0.5) is 5.69 Å². The van der Waals surface area contributed by atoms with Crippen LogP contribution in [0.2, 0.25) is 5.02 Å². The average Bonchev–Trinajstić information content (AvgIpc) is 2.40. The van der Waals surface area contributed by atoms with Gasteiger partial charge in [-0.25, -0.2) is 13.1 Å². The zero-order valence-corrected chi connectivity index (χ0v) is 13.5. The standard InChI is InChI=1S/C13H22ClN3O2S/c1-3-8-17(4-2)9-7-16-20(18,19)13-10-11(15)5-6-12(13)14/h5-6,10,16H,3-4,7-9,15H2,1-2H3. The molecule has 0 saturated heterocycles. The number of hydrogen-bond donors (Lipinski definition) is 2. The number of rotatable bonds is 8. The lowest BCUT2D eigenvalue weighted by atomic mass is 10.3. The monoisotopic (exact) mass is 319 g/mol. The van der Waals surface area contributed by atoms with Crippen molar-refractivity contribution in [3.05, 3.63) is 23.2 Å². The molecule has 0 fully saturated rings. The van der Waals surface area contributed by atoms with E-state index in [1.54, 1.807) is 6.07 Å². The molecule has 0 bridgehead atoms. The van der Waals surface area contributed by atoms with Gasteiger partial charge in [0.15, 0.2) is 0 Å². The number of nitrogens with one attached hydrogen (secondary N) is 1. The van der Waals surface area contributed by atoms with Gasteiger partial charge in [-0.3, -0.25) is 0 Å². The second-order valence-electron chi connectivity index (χ2n) is 4.52. The Morgan fingerprint density at radius 2 is 2.00 bits per heavy atom. The SMILES string of the molecule is CCCN(CC)CCNS(=O)(=O)c1cc(N)ccc1Cl. The number of benzene rings is 1. The Balaban J connectivity index is 2.68. The minimum atomic E-state index is -3.62. The smallest absolute Gasteiger partial charge is 0.242 e. The fourth-order valence-electron chi connectivity index (χ4n) is 1.89. The van der Waals surface area contributed by atoms with Crippen LogP contribution >= 0.6 is 11.6 Å². The first-order valence-electron chi connectivity index (χ1n) is 6.67. The van der Waals surface area contributed by atoms with Gasteiger partial charge in [-0.05, 0) is 37.7 Å². The summed E-state index contributed by atoms with van der Waals surface area (Å²) in [5.41, 5.74) is 5.97. The first-order chi connectivity index (χ1) is 9.40. The fourth-order valence-corrected chi connectivity index (χ4v) is 3.44. The highest BCUT2D eigenvalue weighted by Gasteiger charge is 2.18. The molecule has 20 heavy (non-hydrogen) atoms. The maximum atomic E-state index is 12.2. The highest BCUT2D eigenvalue weighted by molar-refractivity contribution is 7.89. The second-order valence-corrected chi connectivity index (χ2v) is 6.66. The maximum Gasteiger partial charge on any atom is 0.242 e. The fraction of sp³-hybridized carbons (Fsp3) is 0.538. The van der Waals surface area contributed by atoms with E-state index in [0.717, 1.165) is 19.5 Å². The number of likely N-dealkylation sites (N-methyl/N-ethyl adjacent to an activating group) is 1. The predicted octanol–water partition coefficient (Wildman–Crippen LogP) is 1.93. The summed E-state index contributed by atoms with van der Waals surface area (Å²) < 4.78 is 26.9. The van der Waals surface area contributed by atoms with E-state index in [1.165, 1.54) is 12.1 Å². The molecular formula is C13H22ClN3O2S. The number of anilines is 1. The molecule has 0 aliphatic rings. The molecule has 5 nitrogen and oxygen atoms in total. The van der Waals surface area contributed by atoms with E-state index in [-0.39, 0.29) is 9.92 Å². The Morgan fingerprint density at radius 3 is 2.60 bits per heavy atom. The van der Waals surface area contributed by atoms with Gasteiger partial charge in [0.05, 0.1) is 5.02 Å². The number of nitrogens with zero attached hydrogens (tertiary/aromatic N) is 1. The van der Waals surface area contributed by atoms with Gasteiger partial charge in [0.25, 0.3) is 0 Å². The van der Waals surface area contributed by atoms with Crippen LogP contribution in [0.15, 0.2) is 23.1 Å². The Morgan fingerprint density at radius 1 is 1.30 bits per heavy atom. The van der Waals surface area contributed by atoms with Crippen molar-refractivity contribution in [1.82, 2.24) is 9.62 Å². The lowest BCUT2D eigenvalue weighted by Crippen LogP contribution is -2.35. The van der Waals surface area contributed by atoms with E-state index in [4.69, 9.17) is 17.3 Å². The largest absolute Gasteiger partial charge is 0.399 e. The minimum Gasteiger partial charge on any atom is -0.399 e. The van der Waals surface area contributed by atoms with Gasteiger partial charge in [0, 0.05) is 18.8 Å². The van der Waals surface area contributed by atoms with Crippen LogP contribution < -0.4 is 10.5 Å². The molecular weight excluding hydrogens is 298 g/mol. The zero-order chi connectivity index (χ0) is 15.2. The van der Waals surface area contributed by atoms with Crippen LogP contribution in [0.3, 0.4) is 0 Å². The van der Waals surface area contributed by atoms with E-state index < -0.39 is 10.0 Å². The van der Waals surface area contributed by atoms with Gasteiger partial charge in [0.1, 0.15) is 4.90 Å². The quantitative estimate of drug-likeness (QED) is 0.718. The Kier molecular flexibility index (Phi) is 6.75. The van der Waals surface area contributed by atoms with E-state index >= 15 is 0 Å². The minimum absolute atomic E-state index is 0.0257. The highest BCUT2D eigenvalue weighted by Crippen LogP contribution is 2.23. The summed E-state index contributed by atoms with van der Waals surface area (Å²) in [4.78, 5) is 2.21. The molecule has 1 aromatic rings. The van der Waals surface area contributed by atoms with E-state index in [9.17, 15) is 8.42 Å².